The summed E-state index contributed by atoms with van der Waals surface area (Å²) in [5.74, 6) is 1.31. The number of nitrogens with zero attached hydrogens (tertiary/aromatic N) is 1. The largest absolute Gasteiger partial charge is 0.497 e. The lowest BCUT2D eigenvalue weighted by Gasteiger charge is -2.44. The van der Waals surface area contributed by atoms with Crippen LogP contribution in [0.5, 0.6) is 11.5 Å². The van der Waals surface area contributed by atoms with Crippen molar-refractivity contribution in [2.75, 3.05) is 27.4 Å². The van der Waals surface area contributed by atoms with Crippen LogP contribution in [0.2, 0.25) is 5.04 Å². The van der Waals surface area contributed by atoms with E-state index in [1.807, 2.05) is 91.0 Å². The van der Waals surface area contributed by atoms with Crippen molar-refractivity contribution in [1.82, 2.24) is 0 Å². The fourth-order valence-electron chi connectivity index (χ4n) is 7.61. The number of benzene rings is 5. The molecule has 0 N–H and O–H groups in total. The van der Waals surface area contributed by atoms with Crippen LogP contribution in [-0.2, 0) is 41.4 Å². The van der Waals surface area contributed by atoms with Gasteiger partial charge in [0.15, 0.2) is 12.2 Å². The van der Waals surface area contributed by atoms with Gasteiger partial charge in [0, 0.05) is 5.56 Å². The molecule has 5 aromatic carbocycles. The second-order valence-electron chi connectivity index (χ2n) is 15.1. The second kappa shape index (κ2) is 16.8. The van der Waals surface area contributed by atoms with Gasteiger partial charge in [0.05, 0.1) is 40.6 Å². The molecule has 1 saturated heterocycles. The second-order valence-corrected chi connectivity index (χ2v) is 19.4. The number of carbonyl (C=O) groups excluding carboxylic acids is 1. The van der Waals surface area contributed by atoms with E-state index in [2.05, 4.69) is 69.3 Å². The number of fused-ring (bicyclic) bond motifs is 1. The molecule has 2 aliphatic heterocycles. The highest BCUT2D eigenvalue weighted by Crippen LogP contribution is 2.42. The van der Waals surface area contributed by atoms with E-state index >= 15 is 0 Å². The molecule has 0 spiro atoms. The molecule has 9 nitrogen and oxygen atoms in total. The Bertz CT molecular complexity index is 2030. The van der Waals surface area contributed by atoms with E-state index in [-0.39, 0.29) is 31.5 Å². The number of cyclic esters (lactones) is 1. The van der Waals surface area contributed by atoms with Gasteiger partial charge in [-0.2, -0.15) is 0 Å². The number of methoxy groups -OCH3 is 2. The van der Waals surface area contributed by atoms with Crippen LogP contribution in [0.1, 0.15) is 37.5 Å². The van der Waals surface area contributed by atoms with Crippen LogP contribution in [0.3, 0.4) is 0 Å². The minimum absolute atomic E-state index is 0.0594. The van der Waals surface area contributed by atoms with Gasteiger partial charge in [-0.1, -0.05) is 124 Å². The third-order valence-corrected chi connectivity index (χ3v) is 15.6. The Labute approximate surface area is 330 Å². The summed E-state index contributed by atoms with van der Waals surface area (Å²) >= 11 is 0. The summed E-state index contributed by atoms with van der Waals surface area (Å²) in [6.45, 7) is 7.22. The molecule has 5 aromatic rings. The normalized spacial score (nSPS) is 19.7. The van der Waals surface area contributed by atoms with E-state index in [0.717, 1.165) is 38.6 Å². The molecule has 0 unspecified atom stereocenters. The van der Waals surface area contributed by atoms with Crippen molar-refractivity contribution >= 4 is 30.6 Å². The van der Waals surface area contributed by atoms with Crippen molar-refractivity contribution in [3.05, 3.63) is 156 Å². The summed E-state index contributed by atoms with van der Waals surface area (Å²) in [5.41, 5.74) is 1.13. The highest BCUT2D eigenvalue weighted by atomic mass is 28.4. The molecular formula is C46H49NO8Si. The maximum atomic E-state index is 14.3. The molecular weight excluding hydrogens is 723 g/mol. The van der Waals surface area contributed by atoms with Crippen molar-refractivity contribution in [2.24, 2.45) is 4.99 Å². The average Bonchev–Trinajstić information content (AvgIpc) is 3.74. The zero-order chi connectivity index (χ0) is 39.2. The lowest BCUT2D eigenvalue weighted by Crippen LogP contribution is -2.67. The van der Waals surface area contributed by atoms with E-state index in [9.17, 15) is 4.79 Å². The Morgan fingerprint density at radius 3 is 1.73 bits per heavy atom. The van der Waals surface area contributed by atoms with Crippen molar-refractivity contribution < 1.29 is 37.6 Å². The Morgan fingerprint density at radius 2 is 1.21 bits per heavy atom. The van der Waals surface area contributed by atoms with Gasteiger partial charge in [0.1, 0.15) is 17.6 Å². The smallest absolute Gasteiger partial charge is 0.341 e. The molecule has 0 amide bonds. The number of esters is 1. The van der Waals surface area contributed by atoms with Gasteiger partial charge >= 0.3 is 5.97 Å². The zero-order valence-corrected chi connectivity index (χ0v) is 33.6. The van der Waals surface area contributed by atoms with E-state index < -0.39 is 38.1 Å². The molecule has 0 bridgehead atoms. The maximum Gasteiger partial charge on any atom is 0.341 e. The van der Waals surface area contributed by atoms with Crippen LogP contribution in [0, 0.1) is 0 Å². The topological polar surface area (TPSA) is 94.0 Å². The summed E-state index contributed by atoms with van der Waals surface area (Å²) in [7, 11) is 0.241. The first-order valence-electron chi connectivity index (χ1n) is 18.9. The molecule has 4 atom stereocenters. The molecule has 0 saturated carbocycles. The van der Waals surface area contributed by atoms with E-state index in [0.29, 0.717) is 5.90 Å². The van der Waals surface area contributed by atoms with Gasteiger partial charge in [0.2, 0.25) is 11.4 Å². The number of rotatable bonds is 16. The van der Waals surface area contributed by atoms with Crippen LogP contribution < -0.4 is 19.8 Å². The number of hydrogen-bond donors (Lipinski definition) is 0. The molecule has 2 heterocycles. The van der Waals surface area contributed by atoms with Crippen LogP contribution in [0.25, 0.3) is 0 Å². The van der Waals surface area contributed by atoms with Gasteiger partial charge in [-0.25, -0.2) is 9.79 Å². The van der Waals surface area contributed by atoms with Crippen LogP contribution >= 0.6 is 0 Å². The van der Waals surface area contributed by atoms with Gasteiger partial charge in [-0.05, 0) is 62.9 Å². The van der Waals surface area contributed by atoms with E-state index in [4.69, 9.17) is 37.8 Å². The molecule has 0 aliphatic carbocycles. The van der Waals surface area contributed by atoms with Gasteiger partial charge in [-0.15, -0.1) is 0 Å². The lowest BCUT2D eigenvalue weighted by atomic mass is 9.92. The van der Waals surface area contributed by atoms with Crippen molar-refractivity contribution in [3.8, 4) is 11.5 Å². The fraction of sp³-hybridized carbons (Fsp3) is 0.304. The highest BCUT2D eigenvalue weighted by molar-refractivity contribution is 6.99. The molecule has 7 rings (SSSR count). The first-order valence-corrected chi connectivity index (χ1v) is 20.8. The minimum Gasteiger partial charge on any atom is -0.497 e. The Hall–Kier alpha value is -5.26. The third kappa shape index (κ3) is 7.88. The fourth-order valence-corrected chi connectivity index (χ4v) is 12.2. The van der Waals surface area contributed by atoms with Crippen molar-refractivity contribution in [1.29, 1.82) is 0 Å². The number of aliphatic imine (C=N–C) groups is 1. The standard InChI is InChI=1S/C46H49NO8Si/c1-45(2,3)56(38-17-11-7-12-18-38,39-19-13-8-14-20-39)53-31-40(52-30-34-23-27-37(50-5)28-24-34)41-42-46(44(48)54-41,47-43(55-42)35-15-9-6-10-16-35)32-51-29-33-21-25-36(49-4)26-22-33/h6-28,40-42H,29-32H2,1-5H3/t40-,41+,42-,46-/m0/s1. The first-order chi connectivity index (χ1) is 27.2. The van der Waals surface area contributed by atoms with Gasteiger partial charge in [0.25, 0.3) is 8.32 Å². The zero-order valence-electron chi connectivity index (χ0n) is 32.6. The van der Waals surface area contributed by atoms with Crippen molar-refractivity contribution in [2.45, 2.75) is 62.9 Å². The number of hydrogen-bond acceptors (Lipinski definition) is 9. The number of carbonyl (C=O) groups is 1. The Balaban J connectivity index is 1.24. The van der Waals surface area contributed by atoms with E-state index in [1.165, 1.54) is 0 Å². The summed E-state index contributed by atoms with van der Waals surface area (Å²) in [6, 6.07) is 45.8. The van der Waals surface area contributed by atoms with Crippen LogP contribution in [0.15, 0.2) is 145 Å². The maximum absolute atomic E-state index is 14.3. The predicted molar refractivity (Wildman–Crippen MR) is 218 cm³/mol. The highest BCUT2D eigenvalue weighted by Gasteiger charge is 2.66. The molecule has 56 heavy (non-hydrogen) atoms. The molecule has 2 aliphatic rings. The minimum atomic E-state index is -3.02. The lowest BCUT2D eigenvalue weighted by molar-refractivity contribution is -0.154. The molecule has 0 radical (unpaired) electrons. The third-order valence-electron chi connectivity index (χ3n) is 10.5. The molecule has 290 valence electrons. The average molecular weight is 772 g/mol. The SMILES string of the molecule is COc1ccc(COC[C@]23N=C(c4ccccc4)O[C@H]2[C@@H]([C@H](CO[Si](c2ccccc2)(c2ccccc2)C(C)(C)C)OCc2ccc(OC)cc2)OC3=O)cc1. The Morgan fingerprint density at radius 1 is 0.696 bits per heavy atom. The quantitative estimate of drug-likeness (QED) is 0.0792. The van der Waals surface area contributed by atoms with Crippen LogP contribution in [-0.4, -0.2) is 71.5 Å². The van der Waals surface area contributed by atoms with Gasteiger partial charge < -0.3 is 32.8 Å². The molecule has 0 aromatic heterocycles. The van der Waals surface area contributed by atoms with Crippen molar-refractivity contribution in [3.63, 3.8) is 0 Å². The first kappa shape index (κ1) is 39.0. The van der Waals surface area contributed by atoms with Gasteiger partial charge in [-0.3, -0.25) is 0 Å². The van der Waals surface area contributed by atoms with Crippen LogP contribution in [0.4, 0.5) is 0 Å². The summed E-state index contributed by atoms with van der Waals surface area (Å²) in [5, 5.41) is 1.96. The monoisotopic (exact) mass is 771 g/mol. The summed E-state index contributed by atoms with van der Waals surface area (Å²) in [6.07, 6.45) is -2.49. The summed E-state index contributed by atoms with van der Waals surface area (Å²) < 4.78 is 44.2. The number of ether oxygens (including phenoxy) is 6. The molecule has 1 fully saturated rings. The Kier molecular flexibility index (Phi) is 11.7. The predicted octanol–water partition coefficient (Wildman–Crippen LogP) is 6.89. The van der Waals surface area contributed by atoms with E-state index in [1.54, 1.807) is 14.2 Å². The summed E-state index contributed by atoms with van der Waals surface area (Å²) in [4.78, 5) is 19.3. The molecule has 10 heteroatoms.